The summed E-state index contributed by atoms with van der Waals surface area (Å²) in [6, 6.07) is 28.5. The largest absolute Gasteiger partial charge is 0.490 e. The number of ether oxygens (including phenoxy) is 2. The van der Waals surface area contributed by atoms with Gasteiger partial charge in [-0.1, -0.05) is 54.6 Å². The van der Waals surface area contributed by atoms with Crippen LogP contribution >= 0.6 is 0 Å². The average Bonchev–Trinajstić information content (AvgIpc) is 3.11. The third-order valence-electron chi connectivity index (χ3n) is 9.67. The number of carboxylic acid groups (broad SMARTS) is 4. The van der Waals surface area contributed by atoms with Crippen LogP contribution in [0.15, 0.2) is 91.0 Å². The molecular weight excluding hydrogens is 642 g/mol. The van der Waals surface area contributed by atoms with Gasteiger partial charge in [-0.05, 0) is 86.1 Å². The van der Waals surface area contributed by atoms with Gasteiger partial charge in [0, 0.05) is 11.1 Å². The summed E-state index contributed by atoms with van der Waals surface area (Å²) < 4.78 is 12.4. The minimum Gasteiger partial charge on any atom is -0.490 e. The monoisotopic (exact) mass is 679 g/mol. The standard InChI is InChI=1S/C39H37NO10/c41-36(42)30-14-12-28(20-32(30)38(45)46)49-26-10-4-8-23(16-26)34-18-25(22-6-2-1-3-7-22)19-35(40-34)24-9-5-11-27(17-24)50-29-13-15-31(37(43)44)33(21-29)39(47)48/h1-11,16-19,28-33H,12-15,20-21H2,(H,41,42)(H,43,44)(H,45,46)(H,47,48). The van der Waals surface area contributed by atoms with E-state index in [-0.39, 0.29) is 25.7 Å². The Morgan fingerprint density at radius 1 is 0.480 bits per heavy atom. The normalized spacial score (nSPS) is 23.4. The van der Waals surface area contributed by atoms with Crippen molar-refractivity contribution in [3.8, 4) is 45.1 Å². The molecule has 3 aromatic carbocycles. The van der Waals surface area contributed by atoms with E-state index >= 15 is 0 Å². The van der Waals surface area contributed by atoms with Crippen LogP contribution in [0.2, 0.25) is 0 Å². The summed E-state index contributed by atoms with van der Waals surface area (Å²) in [5.41, 5.74) is 4.73. The summed E-state index contributed by atoms with van der Waals surface area (Å²) in [4.78, 5) is 51.9. The molecule has 4 N–H and O–H groups in total. The molecule has 4 aromatic rings. The zero-order chi connectivity index (χ0) is 35.4. The van der Waals surface area contributed by atoms with E-state index in [1.165, 1.54) is 0 Å². The van der Waals surface area contributed by atoms with Gasteiger partial charge in [0.25, 0.3) is 0 Å². The zero-order valence-electron chi connectivity index (χ0n) is 27.1. The number of benzene rings is 3. The maximum atomic E-state index is 11.8. The maximum Gasteiger partial charge on any atom is 0.307 e. The van der Waals surface area contributed by atoms with Crippen molar-refractivity contribution in [1.82, 2.24) is 4.98 Å². The fraction of sp³-hybridized carbons (Fsp3) is 0.308. The van der Waals surface area contributed by atoms with E-state index in [4.69, 9.17) is 14.5 Å². The van der Waals surface area contributed by atoms with Crippen molar-refractivity contribution in [1.29, 1.82) is 0 Å². The molecule has 0 saturated heterocycles. The van der Waals surface area contributed by atoms with Gasteiger partial charge >= 0.3 is 23.9 Å². The van der Waals surface area contributed by atoms with Gasteiger partial charge in [-0.15, -0.1) is 0 Å². The fourth-order valence-corrected chi connectivity index (χ4v) is 7.08. The Labute approximate surface area is 288 Å². The summed E-state index contributed by atoms with van der Waals surface area (Å²) in [6.07, 6.45) is 0.570. The first-order valence-electron chi connectivity index (χ1n) is 16.6. The zero-order valence-corrected chi connectivity index (χ0v) is 27.1. The summed E-state index contributed by atoms with van der Waals surface area (Å²) in [5.74, 6) is -7.40. The molecule has 6 rings (SSSR count). The lowest BCUT2D eigenvalue weighted by molar-refractivity contribution is -0.157. The smallest absolute Gasteiger partial charge is 0.307 e. The van der Waals surface area contributed by atoms with Crippen LogP contribution in [0.3, 0.4) is 0 Å². The predicted octanol–water partition coefficient (Wildman–Crippen LogP) is 6.75. The molecule has 1 heterocycles. The molecule has 0 aliphatic heterocycles. The second-order valence-corrected chi connectivity index (χ2v) is 12.9. The van der Waals surface area contributed by atoms with E-state index in [0.717, 1.165) is 22.3 Å². The molecule has 2 saturated carbocycles. The van der Waals surface area contributed by atoms with Crippen LogP contribution in [-0.4, -0.2) is 61.5 Å². The molecule has 2 fully saturated rings. The second-order valence-electron chi connectivity index (χ2n) is 12.9. The number of carbonyl (C=O) groups is 4. The van der Waals surface area contributed by atoms with E-state index in [9.17, 15) is 39.6 Å². The molecule has 6 unspecified atom stereocenters. The van der Waals surface area contributed by atoms with Gasteiger partial charge in [-0.3, -0.25) is 19.2 Å². The quantitative estimate of drug-likeness (QED) is 0.132. The summed E-state index contributed by atoms with van der Waals surface area (Å²) >= 11 is 0. The molecule has 6 atom stereocenters. The molecule has 50 heavy (non-hydrogen) atoms. The summed E-state index contributed by atoms with van der Waals surface area (Å²) in [5, 5.41) is 38.3. The van der Waals surface area contributed by atoms with Crippen LogP contribution in [0.4, 0.5) is 0 Å². The topological polar surface area (TPSA) is 181 Å². The third kappa shape index (κ3) is 7.78. The van der Waals surface area contributed by atoms with Crippen LogP contribution in [-0.2, 0) is 19.2 Å². The van der Waals surface area contributed by atoms with Crippen LogP contribution < -0.4 is 9.47 Å². The van der Waals surface area contributed by atoms with Crippen LogP contribution in [0.25, 0.3) is 33.6 Å². The van der Waals surface area contributed by atoms with E-state index in [1.807, 2.05) is 78.9 Å². The van der Waals surface area contributed by atoms with Gasteiger partial charge in [0.2, 0.25) is 0 Å². The Morgan fingerprint density at radius 2 is 0.900 bits per heavy atom. The van der Waals surface area contributed by atoms with Crippen molar-refractivity contribution >= 4 is 23.9 Å². The Balaban J connectivity index is 1.27. The second kappa shape index (κ2) is 14.8. The first kappa shape index (κ1) is 34.2. The molecule has 2 aliphatic carbocycles. The molecule has 0 spiro atoms. The van der Waals surface area contributed by atoms with Gasteiger partial charge < -0.3 is 29.9 Å². The van der Waals surface area contributed by atoms with Gasteiger partial charge in [0.05, 0.1) is 47.3 Å². The molecule has 0 amide bonds. The van der Waals surface area contributed by atoms with Crippen LogP contribution in [0.5, 0.6) is 11.5 Å². The lowest BCUT2D eigenvalue weighted by atomic mass is 9.78. The minimum absolute atomic E-state index is 0.0960. The van der Waals surface area contributed by atoms with Gasteiger partial charge in [0.1, 0.15) is 11.5 Å². The molecule has 0 radical (unpaired) electrons. The number of nitrogens with zero attached hydrogens (tertiary/aromatic N) is 1. The first-order valence-corrected chi connectivity index (χ1v) is 16.6. The van der Waals surface area contributed by atoms with Crippen molar-refractivity contribution in [3.63, 3.8) is 0 Å². The van der Waals surface area contributed by atoms with Crippen molar-refractivity contribution < 1.29 is 49.1 Å². The van der Waals surface area contributed by atoms with E-state index in [0.29, 0.717) is 35.7 Å². The van der Waals surface area contributed by atoms with Crippen molar-refractivity contribution in [2.75, 3.05) is 0 Å². The highest BCUT2D eigenvalue weighted by Gasteiger charge is 2.41. The summed E-state index contributed by atoms with van der Waals surface area (Å²) in [7, 11) is 0. The van der Waals surface area contributed by atoms with Gasteiger partial charge in [-0.25, -0.2) is 4.98 Å². The number of aliphatic carboxylic acids is 4. The Kier molecular flexibility index (Phi) is 10.1. The van der Waals surface area contributed by atoms with E-state index in [1.54, 1.807) is 12.1 Å². The number of aromatic nitrogens is 1. The van der Waals surface area contributed by atoms with Gasteiger partial charge in [-0.2, -0.15) is 0 Å². The Hall–Kier alpha value is -5.71. The lowest BCUT2D eigenvalue weighted by Crippen LogP contribution is -2.39. The molecular formula is C39H37NO10. The van der Waals surface area contributed by atoms with Crippen molar-refractivity contribution in [2.45, 2.75) is 50.7 Å². The summed E-state index contributed by atoms with van der Waals surface area (Å²) in [6.45, 7) is 0. The number of hydrogen-bond donors (Lipinski definition) is 4. The maximum absolute atomic E-state index is 11.8. The highest BCUT2D eigenvalue weighted by Crippen LogP contribution is 2.37. The number of carboxylic acids is 4. The fourth-order valence-electron chi connectivity index (χ4n) is 7.08. The van der Waals surface area contributed by atoms with Crippen LogP contribution in [0.1, 0.15) is 38.5 Å². The molecule has 1 aromatic heterocycles. The number of hydrogen-bond acceptors (Lipinski definition) is 7. The average molecular weight is 680 g/mol. The minimum atomic E-state index is -1.14. The molecule has 11 heteroatoms. The molecule has 0 bridgehead atoms. The molecule has 258 valence electrons. The molecule has 2 aliphatic rings. The third-order valence-corrected chi connectivity index (χ3v) is 9.67. The van der Waals surface area contributed by atoms with Gasteiger partial charge in [0.15, 0.2) is 0 Å². The number of pyridine rings is 1. The Bertz CT molecular complexity index is 1780. The molecule has 11 nitrogen and oxygen atoms in total. The van der Waals surface area contributed by atoms with E-state index in [2.05, 4.69) is 0 Å². The SMILES string of the molecule is O=C(O)C1CCC(Oc2cccc(-c3cc(-c4ccccc4)cc(-c4cccc(OC5CCC(C(=O)O)C(C(=O)O)C5)c4)n3)c2)CC1C(=O)O. The highest BCUT2D eigenvalue weighted by molar-refractivity contribution is 5.81. The van der Waals surface area contributed by atoms with Crippen LogP contribution in [0, 0.1) is 23.7 Å². The lowest BCUT2D eigenvalue weighted by Gasteiger charge is -2.31. The van der Waals surface area contributed by atoms with E-state index < -0.39 is 59.8 Å². The highest BCUT2D eigenvalue weighted by atomic mass is 16.5. The van der Waals surface area contributed by atoms with Crippen molar-refractivity contribution in [3.05, 3.63) is 91.0 Å². The Morgan fingerprint density at radius 3 is 1.32 bits per heavy atom. The predicted molar refractivity (Wildman–Crippen MR) is 182 cm³/mol. The first-order chi connectivity index (χ1) is 24.0. The number of rotatable bonds is 11. The van der Waals surface area contributed by atoms with Crippen molar-refractivity contribution in [2.24, 2.45) is 23.7 Å².